The molecular formula is C23H25N5O2S. The summed E-state index contributed by atoms with van der Waals surface area (Å²) in [6.45, 7) is 2.58. The maximum Gasteiger partial charge on any atom is 0.263 e. The average Bonchev–Trinajstić information content (AvgIpc) is 3.30. The number of amides is 2. The third-order valence-corrected chi connectivity index (χ3v) is 6.94. The number of para-hydroxylation sites is 2. The lowest BCUT2D eigenvalue weighted by Crippen LogP contribution is -2.47. The quantitative estimate of drug-likeness (QED) is 0.617. The standard InChI is InChI=1S/C23H25N5O2S/c1-26-11-6-13-28(21-20(26)24-17-8-2-3-9-18(17)25-21)22(29)16-7-4-12-27(15-16)23(30)19-10-5-14-31-19/h2-3,5,8-10,14,16H,4,6-7,11-13,15H2,1H3/t16-/m1/s1. The van der Waals surface area contributed by atoms with E-state index in [0.717, 1.165) is 47.5 Å². The van der Waals surface area contributed by atoms with Crippen LogP contribution in [0.3, 0.4) is 0 Å². The Morgan fingerprint density at radius 1 is 0.968 bits per heavy atom. The largest absolute Gasteiger partial charge is 0.357 e. The molecule has 0 unspecified atom stereocenters. The molecule has 2 aliphatic heterocycles. The second kappa shape index (κ2) is 8.26. The van der Waals surface area contributed by atoms with Crippen molar-refractivity contribution in [2.24, 2.45) is 5.92 Å². The predicted octanol–water partition coefficient (Wildman–Crippen LogP) is 3.42. The number of anilines is 2. The Hall–Kier alpha value is -3.00. The van der Waals surface area contributed by atoms with E-state index >= 15 is 0 Å². The molecule has 5 rings (SSSR count). The number of likely N-dealkylation sites (tertiary alicyclic amines) is 1. The zero-order valence-electron chi connectivity index (χ0n) is 17.5. The van der Waals surface area contributed by atoms with Gasteiger partial charge in [0.25, 0.3) is 5.91 Å². The van der Waals surface area contributed by atoms with Crippen molar-refractivity contribution in [2.75, 3.05) is 43.0 Å². The second-order valence-electron chi connectivity index (χ2n) is 8.19. The van der Waals surface area contributed by atoms with Crippen molar-refractivity contribution in [3.8, 4) is 0 Å². The number of fused-ring (bicyclic) bond motifs is 2. The lowest BCUT2D eigenvalue weighted by Gasteiger charge is -2.34. The van der Waals surface area contributed by atoms with E-state index in [1.807, 2.05) is 58.6 Å². The Bertz CT molecular complexity index is 1120. The maximum atomic E-state index is 13.7. The summed E-state index contributed by atoms with van der Waals surface area (Å²) in [5, 5.41) is 1.91. The van der Waals surface area contributed by atoms with Gasteiger partial charge >= 0.3 is 0 Å². The van der Waals surface area contributed by atoms with Gasteiger partial charge in [0.2, 0.25) is 5.91 Å². The van der Waals surface area contributed by atoms with E-state index in [1.165, 1.54) is 11.3 Å². The van der Waals surface area contributed by atoms with Crippen LogP contribution in [-0.4, -0.2) is 59.9 Å². The van der Waals surface area contributed by atoms with Gasteiger partial charge in [0.1, 0.15) is 0 Å². The fourth-order valence-electron chi connectivity index (χ4n) is 4.45. The summed E-state index contributed by atoms with van der Waals surface area (Å²) in [5.74, 6) is 1.22. The highest BCUT2D eigenvalue weighted by Gasteiger charge is 2.35. The molecule has 1 saturated heterocycles. The number of piperidine rings is 1. The van der Waals surface area contributed by atoms with Crippen LogP contribution >= 0.6 is 11.3 Å². The molecule has 0 spiro atoms. The minimum atomic E-state index is -0.220. The van der Waals surface area contributed by atoms with E-state index in [-0.39, 0.29) is 17.7 Å². The van der Waals surface area contributed by atoms with E-state index in [2.05, 4.69) is 4.90 Å². The highest BCUT2D eigenvalue weighted by atomic mass is 32.1. The first-order chi connectivity index (χ1) is 15.1. The van der Waals surface area contributed by atoms with Crippen LogP contribution in [-0.2, 0) is 4.79 Å². The monoisotopic (exact) mass is 435 g/mol. The molecule has 8 heteroatoms. The van der Waals surface area contributed by atoms with Gasteiger partial charge in [0.15, 0.2) is 11.6 Å². The van der Waals surface area contributed by atoms with Crippen LogP contribution in [0.5, 0.6) is 0 Å². The van der Waals surface area contributed by atoms with Gasteiger partial charge in [0.05, 0.1) is 21.8 Å². The van der Waals surface area contributed by atoms with Gasteiger partial charge in [-0.2, -0.15) is 0 Å². The Labute approximate surface area is 185 Å². The third-order valence-electron chi connectivity index (χ3n) is 6.08. The molecule has 7 nitrogen and oxygen atoms in total. The lowest BCUT2D eigenvalue weighted by atomic mass is 9.96. The van der Waals surface area contributed by atoms with E-state index in [1.54, 1.807) is 0 Å². The molecular weight excluding hydrogens is 410 g/mol. The van der Waals surface area contributed by atoms with E-state index in [9.17, 15) is 9.59 Å². The first-order valence-corrected chi connectivity index (χ1v) is 11.6. The Morgan fingerprint density at radius 3 is 2.48 bits per heavy atom. The van der Waals surface area contributed by atoms with E-state index < -0.39 is 0 Å². The molecule has 2 amide bonds. The Balaban J connectivity index is 1.44. The van der Waals surface area contributed by atoms with E-state index in [0.29, 0.717) is 25.5 Å². The molecule has 4 heterocycles. The molecule has 1 fully saturated rings. The predicted molar refractivity (Wildman–Crippen MR) is 123 cm³/mol. The number of rotatable bonds is 2. The van der Waals surface area contributed by atoms with Gasteiger partial charge in [-0.3, -0.25) is 14.5 Å². The van der Waals surface area contributed by atoms with Gasteiger partial charge in [-0.05, 0) is 42.8 Å². The lowest BCUT2D eigenvalue weighted by molar-refractivity contribution is -0.123. The molecule has 3 aromatic rings. The van der Waals surface area contributed by atoms with Crippen LogP contribution in [0, 0.1) is 5.92 Å². The number of nitrogens with zero attached hydrogens (tertiary/aromatic N) is 5. The van der Waals surface area contributed by atoms with Crippen molar-refractivity contribution in [3.05, 3.63) is 46.7 Å². The molecule has 0 bridgehead atoms. The van der Waals surface area contributed by atoms with Crippen LogP contribution in [0.15, 0.2) is 41.8 Å². The minimum absolute atomic E-state index is 0.0225. The molecule has 0 radical (unpaired) electrons. The number of hydrogen-bond acceptors (Lipinski definition) is 6. The normalized spacial score (nSPS) is 19.3. The molecule has 1 atom stereocenters. The Kier molecular flexibility index (Phi) is 5.31. The summed E-state index contributed by atoms with van der Waals surface area (Å²) >= 11 is 1.45. The summed E-state index contributed by atoms with van der Waals surface area (Å²) in [6.07, 6.45) is 2.47. The molecule has 0 N–H and O–H groups in total. The summed E-state index contributed by atoms with van der Waals surface area (Å²) in [4.78, 5) is 42.6. The molecule has 2 aliphatic rings. The smallest absolute Gasteiger partial charge is 0.263 e. The second-order valence-corrected chi connectivity index (χ2v) is 9.14. The average molecular weight is 436 g/mol. The van der Waals surface area contributed by atoms with Crippen LogP contribution in [0.2, 0.25) is 0 Å². The summed E-state index contributed by atoms with van der Waals surface area (Å²) in [6, 6.07) is 11.5. The summed E-state index contributed by atoms with van der Waals surface area (Å²) < 4.78 is 0. The summed E-state index contributed by atoms with van der Waals surface area (Å²) in [5.41, 5.74) is 1.61. The van der Waals surface area contributed by atoms with Crippen LogP contribution in [0.4, 0.5) is 11.6 Å². The number of carbonyl (C=O) groups excluding carboxylic acids is 2. The van der Waals surface area contributed by atoms with Crippen molar-refractivity contribution in [1.29, 1.82) is 0 Å². The number of aromatic nitrogens is 2. The number of carbonyl (C=O) groups is 2. The fourth-order valence-corrected chi connectivity index (χ4v) is 5.14. The SMILES string of the molecule is CN1CCCN(C(=O)[C@@H]2CCCN(C(=O)c3cccs3)C2)c2nc3ccccc3nc21. The van der Waals surface area contributed by atoms with Gasteiger partial charge in [-0.25, -0.2) is 9.97 Å². The molecule has 31 heavy (non-hydrogen) atoms. The zero-order valence-corrected chi connectivity index (χ0v) is 18.3. The van der Waals surface area contributed by atoms with Crippen LogP contribution in [0.25, 0.3) is 11.0 Å². The Morgan fingerprint density at radius 2 is 1.74 bits per heavy atom. The van der Waals surface area contributed by atoms with Gasteiger partial charge in [-0.15, -0.1) is 11.3 Å². The highest BCUT2D eigenvalue weighted by Crippen LogP contribution is 2.32. The van der Waals surface area contributed by atoms with Crippen molar-refractivity contribution in [1.82, 2.24) is 14.9 Å². The van der Waals surface area contributed by atoms with E-state index in [4.69, 9.17) is 9.97 Å². The molecule has 160 valence electrons. The molecule has 0 aliphatic carbocycles. The summed E-state index contributed by atoms with van der Waals surface area (Å²) in [7, 11) is 2.00. The van der Waals surface area contributed by atoms with Crippen molar-refractivity contribution >= 4 is 45.8 Å². The van der Waals surface area contributed by atoms with Crippen molar-refractivity contribution in [2.45, 2.75) is 19.3 Å². The van der Waals surface area contributed by atoms with Gasteiger partial charge in [-0.1, -0.05) is 18.2 Å². The first kappa shape index (κ1) is 19.9. The number of benzene rings is 1. The van der Waals surface area contributed by atoms with Crippen molar-refractivity contribution < 1.29 is 9.59 Å². The molecule has 1 aromatic carbocycles. The number of hydrogen-bond donors (Lipinski definition) is 0. The van der Waals surface area contributed by atoms with Gasteiger partial charge in [0, 0.05) is 33.2 Å². The highest BCUT2D eigenvalue weighted by molar-refractivity contribution is 7.12. The maximum absolute atomic E-state index is 13.7. The number of thiophene rings is 1. The van der Waals surface area contributed by atoms with Crippen molar-refractivity contribution in [3.63, 3.8) is 0 Å². The van der Waals surface area contributed by atoms with Gasteiger partial charge < -0.3 is 9.80 Å². The van der Waals surface area contributed by atoms with Crippen LogP contribution < -0.4 is 9.80 Å². The fraction of sp³-hybridized carbons (Fsp3) is 0.391. The third kappa shape index (κ3) is 3.76. The molecule has 2 aromatic heterocycles. The first-order valence-electron chi connectivity index (χ1n) is 10.7. The topological polar surface area (TPSA) is 69.6 Å². The van der Waals surface area contributed by atoms with Crippen LogP contribution in [0.1, 0.15) is 28.9 Å². The zero-order chi connectivity index (χ0) is 21.4. The molecule has 0 saturated carbocycles. The minimum Gasteiger partial charge on any atom is -0.357 e.